The number of carboxylic acids is 1. The van der Waals surface area contributed by atoms with Gasteiger partial charge >= 0.3 is 5.97 Å². The fourth-order valence-electron chi connectivity index (χ4n) is 2.85. The molecule has 0 saturated carbocycles. The molecule has 1 heterocycles. The van der Waals surface area contributed by atoms with Crippen molar-refractivity contribution >= 4 is 17.8 Å². The van der Waals surface area contributed by atoms with E-state index < -0.39 is 17.4 Å². The highest BCUT2D eigenvalue weighted by molar-refractivity contribution is 5.90. The number of nitrogens with zero attached hydrogens (tertiary/aromatic N) is 3. The van der Waals surface area contributed by atoms with Gasteiger partial charge in [0.2, 0.25) is 11.8 Å². The SMILES string of the molecule is C/C(=C\CN(C)C(=O)C(NC(=O)C1CN(C)CCN1C)C(C)(C)C)C(=O)O.CCC. The van der Waals surface area contributed by atoms with Crippen molar-refractivity contribution in [1.82, 2.24) is 20.0 Å². The molecule has 2 N–H and O–H groups in total. The maximum Gasteiger partial charge on any atom is 0.331 e. The lowest BCUT2D eigenvalue weighted by molar-refractivity contribution is -0.140. The molecule has 2 unspecified atom stereocenters. The van der Waals surface area contributed by atoms with Crippen LogP contribution in [0.5, 0.6) is 0 Å². The zero-order valence-electron chi connectivity index (χ0n) is 20.3. The van der Waals surface area contributed by atoms with Crippen molar-refractivity contribution < 1.29 is 19.5 Å². The van der Waals surface area contributed by atoms with Gasteiger partial charge in [-0.3, -0.25) is 14.5 Å². The smallest absolute Gasteiger partial charge is 0.331 e. The minimum absolute atomic E-state index is 0.164. The van der Waals surface area contributed by atoms with Crippen molar-refractivity contribution in [2.45, 2.75) is 60.0 Å². The molecule has 8 heteroatoms. The largest absolute Gasteiger partial charge is 0.478 e. The molecule has 1 saturated heterocycles. The van der Waals surface area contributed by atoms with Crippen LogP contribution >= 0.6 is 0 Å². The van der Waals surface area contributed by atoms with Crippen molar-refractivity contribution in [3.63, 3.8) is 0 Å². The Bertz CT molecular complexity index is 613. The third-order valence-electron chi connectivity index (χ3n) is 4.94. The van der Waals surface area contributed by atoms with E-state index in [1.165, 1.54) is 24.3 Å². The summed E-state index contributed by atoms with van der Waals surface area (Å²) < 4.78 is 0. The summed E-state index contributed by atoms with van der Waals surface area (Å²) in [6.45, 7) is 13.9. The van der Waals surface area contributed by atoms with Crippen molar-refractivity contribution in [2.24, 2.45) is 5.41 Å². The van der Waals surface area contributed by atoms with Crippen LogP contribution in [0.2, 0.25) is 0 Å². The van der Waals surface area contributed by atoms with Crippen LogP contribution in [0.15, 0.2) is 11.6 Å². The van der Waals surface area contributed by atoms with E-state index in [1.54, 1.807) is 7.05 Å². The average Bonchev–Trinajstić information content (AvgIpc) is 2.64. The van der Waals surface area contributed by atoms with Gasteiger partial charge in [0.25, 0.3) is 0 Å². The molecule has 0 aliphatic carbocycles. The fraction of sp³-hybridized carbons (Fsp3) is 0.773. The van der Waals surface area contributed by atoms with Crippen molar-refractivity contribution in [3.8, 4) is 0 Å². The maximum absolute atomic E-state index is 12.9. The van der Waals surface area contributed by atoms with Gasteiger partial charge in [-0.05, 0) is 26.4 Å². The number of hydrogen-bond donors (Lipinski definition) is 2. The normalized spacial score (nSPS) is 19.4. The average molecular weight is 427 g/mol. The number of amides is 2. The van der Waals surface area contributed by atoms with Gasteiger partial charge in [0.15, 0.2) is 0 Å². The number of hydrogen-bond acceptors (Lipinski definition) is 5. The number of carbonyl (C=O) groups excluding carboxylic acids is 2. The van der Waals surface area contributed by atoms with E-state index in [0.717, 1.165) is 13.1 Å². The highest BCUT2D eigenvalue weighted by atomic mass is 16.4. The van der Waals surface area contributed by atoms with Crippen LogP contribution in [0.25, 0.3) is 0 Å². The molecule has 0 bridgehead atoms. The Kier molecular flexibility index (Phi) is 11.9. The van der Waals surface area contributed by atoms with Crippen LogP contribution < -0.4 is 5.32 Å². The van der Waals surface area contributed by atoms with Crippen LogP contribution in [0.3, 0.4) is 0 Å². The monoisotopic (exact) mass is 426 g/mol. The Balaban J connectivity index is 0.00000263. The quantitative estimate of drug-likeness (QED) is 0.628. The highest BCUT2D eigenvalue weighted by Crippen LogP contribution is 2.22. The number of carboxylic acid groups (broad SMARTS) is 1. The summed E-state index contributed by atoms with van der Waals surface area (Å²) in [7, 11) is 5.50. The van der Waals surface area contributed by atoms with E-state index in [2.05, 4.69) is 24.1 Å². The summed E-state index contributed by atoms with van der Waals surface area (Å²) in [5.41, 5.74) is -0.302. The minimum Gasteiger partial charge on any atom is -0.478 e. The zero-order valence-corrected chi connectivity index (χ0v) is 20.3. The number of carbonyl (C=O) groups is 3. The number of rotatable bonds is 6. The second-order valence-electron chi connectivity index (χ2n) is 9.18. The third-order valence-corrected chi connectivity index (χ3v) is 4.94. The van der Waals surface area contributed by atoms with Gasteiger partial charge < -0.3 is 20.2 Å². The predicted molar refractivity (Wildman–Crippen MR) is 120 cm³/mol. The number of aliphatic carboxylic acids is 1. The predicted octanol–water partition coefficient (Wildman–Crippen LogP) is 1.67. The molecule has 2 atom stereocenters. The summed E-state index contributed by atoms with van der Waals surface area (Å²) in [6, 6.07) is -1.00. The summed E-state index contributed by atoms with van der Waals surface area (Å²) in [5, 5.41) is 11.9. The Morgan fingerprint density at radius 3 is 2.20 bits per heavy atom. The molecule has 1 fully saturated rings. The van der Waals surface area contributed by atoms with E-state index >= 15 is 0 Å². The summed E-state index contributed by atoms with van der Waals surface area (Å²) in [6.07, 6.45) is 2.74. The second kappa shape index (κ2) is 12.7. The molecule has 1 aliphatic rings. The lowest BCUT2D eigenvalue weighted by Gasteiger charge is -2.39. The molecule has 0 radical (unpaired) electrons. The molecule has 30 heavy (non-hydrogen) atoms. The number of piperazine rings is 1. The second-order valence-corrected chi connectivity index (χ2v) is 9.18. The molecule has 0 aromatic heterocycles. The van der Waals surface area contributed by atoms with Crippen molar-refractivity contribution in [3.05, 3.63) is 11.6 Å². The molecule has 174 valence electrons. The highest BCUT2D eigenvalue weighted by Gasteiger charge is 2.37. The van der Waals surface area contributed by atoms with Crippen molar-refractivity contribution in [1.29, 1.82) is 0 Å². The van der Waals surface area contributed by atoms with Gasteiger partial charge in [0.1, 0.15) is 12.1 Å². The van der Waals surface area contributed by atoms with Gasteiger partial charge in [-0.15, -0.1) is 0 Å². The molecule has 0 aromatic carbocycles. The zero-order chi connectivity index (χ0) is 23.6. The van der Waals surface area contributed by atoms with E-state index in [-0.39, 0.29) is 30.0 Å². The first-order valence-corrected chi connectivity index (χ1v) is 10.6. The first-order valence-electron chi connectivity index (χ1n) is 10.6. The minimum atomic E-state index is -1.01. The standard InChI is InChI=1S/C19H34N4O4.C3H8/c1-13(18(26)27)8-9-23(7)17(25)15(19(2,3)4)20-16(24)14-12-21(5)10-11-22(14)6;1-3-2/h8,14-15H,9-12H2,1-7H3,(H,20,24)(H,26,27);3H2,1-2H3/b13-8+;. The third kappa shape index (κ3) is 9.26. The molecule has 1 rings (SSSR count). The van der Waals surface area contributed by atoms with Crippen LogP contribution in [0.1, 0.15) is 48.0 Å². The first kappa shape index (κ1) is 28.1. The van der Waals surface area contributed by atoms with E-state index in [4.69, 9.17) is 5.11 Å². The Labute approximate surface area is 182 Å². The molecular weight excluding hydrogens is 384 g/mol. The Morgan fingerprint density at radius 2 is 1.73 bits per heavy atom. The fourth-order valence-corrected chi connectivity index (χ4v) is 2.85. The first-order chi connectivity index (χ1) is 13.8. The topological polar surface area (TPSA) is 93.2 Å². The lowest BCUT2D eigenvalue weighted by atomic mass is 9.85. The summed E-state index contributed by atoms with van der Waals surface area (Å²) in [5.74, 6) is -1.42. The number of nitrogens with one attached hydrogen (secondary N) is 1. The van der Waals surface area contributed by atoms with Gasteiger partial charge in [0.05, 0.1) is 0 Å². The van der Waals surface area contributed by atoms with Crippen molar-refractivity contribution in [2.75, 3.05) is 47.3 Å². The lowest BCUT2D eigenvalue weighted by Crippen LogP contribution is -2.61. The van der Waals surface area contributed by atoms with Gasteiger partial charge in [-0.1, -0.05) is 47.1 Å². The molecule has 0 aromatic rings. The summed E-state index contributed by atoms with van der Waals surface area (Å²) >= 11 is 0. The Hall–Kier alpha value is -1.93. The number of likely N-dealkylation sites (N-methyl/N-ethyl adjacent to an activating group) is 3. The van der Waals surface area contributed by atoms with Crippen LogP contribution in [0.4, 0.5) is 0 Å². The molecule has 8 nitrogen and oxygen atoms in total. The summed E-state index contributed by atoms with van der Waals surface area (Å²) in [4.78, 5) is 42.3. The van der Waals surface area contributed by atoms with Gasteiger partial charge in [-0.25, -0.2) is 4.79 Å². The van der Waals surface area contributed by atoms with Crippen LogP contribution in [0, 0.1) is 5.41 Å². The van der Waals surface area contributed by atoms with Crippen LogP contribution in [-0.4, -0.2) is 97.0 Å². The van der Waals surface area contributed by atoms with E-state index in [9.17, 15) is 14.4 Å². The molecule has 0 spiro atoms. The van der Waals surface area contributed by atoms with Crippen LogP contribution in [-0.2, 0) is 14.4 Å². The molecular formula is C22H42N4O4. The maximum atomic E-state index is 12.9. The van der Waals surface area contributed by atoms with E-state index in [0.29, 0.717) is 6.54 Å². The molecule has 1 aliphatic heterocycles. The van der Waals surface area contributed by atoms with E-state index in [1.807, 2.05) is 39.8 Å². The van der Waals surface area contributed by atoms with Gasteiger partial charge in [-0.2, -0.15) is 0 Å². The molecule has 2 amide bonds. The Morgan fingerprint density at radius 1 is 1.20 bits per heavy atom. The van der Waals surface area contributed by atoms with Gasteiger partial charge in [0, 0.05) is 38.8 Å².